The molecule has 0 aromatic heterocycles. The van der Waals surface area contributed by atoms with Gasteiger partial charge in [0.05, 0.1) is 0 Å². The molecule has 0 fully saturated rings. The van der Waals surface area contributed by atoms with Crippen molar-refractivity contribution in [3.8, 4) is 0 Å². The Kier molecular flexibility index (Phi) is 152. The fraction of sp³-hybridized carbons (Fsp3) is 0.472. The van der Waals surface area contributed by atoms with Crippen LogP contribution in [0.3, 0.4) is 0 Å². The molecule has 0 saturated carbocycles. The summed E-state index contributed by atoms with van der Waals surface area (Å²) < 4.78 is 0. The van der Waals surface area contributed by atoms with E-state index in [1.165, 1.54) is 21.9 Å². The number of hydrogen-bond acceptors (Lipinski definition) is 0. The molecule has 0 N–H and O–H groups in total. The van der Waals surface area contributed by atoms with Gasteiger partial charge in [0.2, 0.25) is 0 Å². The molecule has 0 heteroatoms. The average molecular weight is 739 g/mol. The standard InChI is InChI=1S/C13H12.C10H8.C6H6.10C2H6.4CH4/c1-3-7-12(8-4-1)11-13-9-5-2-6-10-13;1-2-6-10-8-4-3-7-9(10)5-1;1-2-4-6-5-3-1;10*1-2;;;;/h1-10H,11H2;1-8H;1-6H;10*1-2H3;4*1H4. The molecule has 0 radical (unpaired) electrons. The second-order valence-electron chi connectivity index (χ2n) is 6.65. The Morgan fingerprint density at radius 1 is 0.208 bits per heavy atom. The summed E-state index contributed by atoms with van der Waals surface area (Å²) in [5.74, 6) is 0. The highest BCUT2D eigenvalue weighted by atomic mass is 14.0. The molecular weight excluding hydrogens is 637 g/mol. The van der Waals surface area contributed by atoms with Gasteiger partial charge in [-0.2, -0.15) is 0 Å². The maximum atomic E-state index is 2.16. The third kappa shape index (κ3) is 63.8. The maximum absolute atomic E-state index is 2.16. The minimum atomic E-state index is 0. The van der Waals surface area contributed by atoms with Crippen molar-refractivity contribution in [3.63, 3.8) is 0 Å². The molecule has 5 rings (SSSR count). The summed E-state index contributed by atoms with van der Waals surface area (Å²) in [6.07, 6.45) is 1.03. The fourth-order valence-corrected chi connectivity index (χ4v) is 2.95. The van der Waals surface area contributed by atoms with Gasteiger partial charge in [0.25, 0.3) is 0 Å². The van der Waals surface area contributed by atoms with Crippen LogP contribution in [0.25, 0.3) is 10.8 Å². The highest BCUT2D eigenvalue weighted by Gasteiger charge is 1.92. The Labute approximate surface area is 341 Å². The summed E-state index contributed by atoms with van der Waals surface area (Å²) in [4.78, 5) is 0. The molecular formula is C53H102. The quantitative estimate of drug-likeness (QED) is 0.169. The Hall–Kier alpha value is -3.64. The first kappa shape index (κ1) is 82.7. The molecule has 0 aliphatic carbocycles. The zero-order valence-corrected chi connectivity index (χ0v) is 36.6. The monoisotopic (exact) mass is 739 g/mol. The lowest BCUT2D eigenvalue weighted by molar-refractivity contribution is 1.19. The van der Waals surface area contributed by atoms with Gasteiger partial charge in [0.15, 0.2) is 0 Å². The molecule has 0 saturated heterocycles. The normalized spacial score (nSPS) is 6.34. The molecule has 0 heterocycles. The summed E-state index contributed by atoms with van der Waals surface area (Å²) in [6.45, 7) is 40.0. The highest BCUT2D eigenvalue weighted by Crippen LogP contribution is 2.11. The lowest BCUT2D eigenvalue weighted by Gasteiger charge is -2.00. The highest BCUT2D eigenvalue weighted by molar-refractivity contribution is 5.82. The van der Waals surface area contributed by atoms with Gasteiger partial charge < -0.3 is 0 Å². The van der Waals surface area contributed by atoms with Crippen molar-refractivity contribution in [3.05, 3.63) is 157 Å². The van der Waals surface area contributed by atoms with Crippen LogP contribution in [0.2, 0.25) is 0 Å². The lowest BCUT2D eigenvalue weighted by atomic mass is 10.1. The minimum Gasteiger partial charge on any atom is -0.0776 e. The molecule has 0 nitrogen and oxygen atoms in total. The Morgan fingerprint density at radius 3 is 0.509 bits per heavy atom. The van der Waals surface area contributed by atoms with E-state index in [2.05, 4.69) is 109 Å². The van der Waals surface area contributed by atoms with Crippen LogP contribution in [-0.2, 0) is 6.42 Å². The molecule has 0 aliphatic heterocycles. The van der Waals surface area contributed by atoms with Crippen LogP contribution in [0.1, 0.15) is 179 Å². The maximum Gasteiger partial charge on any atom is -0.00258 e. The first-order chi connectivity index (χ1) is 24.4. The van der Waals surface area contributed by atoms with Crippen molar-refractivity contribution < 1.29 is 0 Å². The van der Waals surface area contributed by atoms with Gasteiger partial charge >= 0.3 is 0 Å². The Morgan fingerprint density at radius 2 is 0.340 bits per heavy atom. The van der Waals surface area contributed by atoms with Gasteiger partial charge in [-0.25, -0.2) is 0 Å². The largest absolute Gasteiger partial charge is 0.0776 e. The molecule has 5 aromatic carbocycles. The van der Waals surface area contributed by atoms with E-state index >= 15 is 0 Å². The van der Waals surface area contributed by atoms with Crippen molar-refractivity contribution in [1.29, 1.82) is 0 Å². The smallest absolute Gasteiger partial charge is 0.00258 e. The molecule has 0 amide bonds. The third-order valence-corrected chi connectivity index (χ3v) is 4.42. The van der Waals surface area contributed by atoms with Crippen LogP contribution in [0.15, 0.2) is 146 Å². The predicted octanol–water partition coefficient (Wildman–Crippen LogP) is 20.6. The zero-order valence-electron chi connectivity index (χ0n) is 36.6. The first-order valence-electron chi connectivity index (χ1n) is 19.9. The molecule has 0 spiro atoms. The van der Waals surface area contributed by atoms with E-state index in [-0.39, 0.29) is 29.7 Å². The summed E-state index contributed by atoms with van der Waals surface area (Å²) >= 11 is 0. The second kappa shape index (κ2) is 97.5. The van der Waals surface area contributed by atoms with Gasteiger partial charge in [0, 0.05) is 0 Å². The minimum absolute atomic E-state index is 0. The third-order valence-electron chi connectivity index (χ3n) is 4.42. The molecule has 0 aliphatic rings. The SMILES string of the molecule is C.C.C.C.CC.CC.CC.CC.CC.CC.CC.CC.CC.CC.c1ccc(Cc2ccccc2)cc1.c1ccc2ccccc2c1.c1ccccc1. The first-order valence-corrected chi connectivity index (χ1v) is 19.9. The predicted molar refractivity (Wildman–Crippen MR) is 266 cm³/mol. The van der Waals surface area contributed by atoms with Gasteiger partial charge in [-0.05, 0) is 28.3 Å². The van der Waals surface area contributed by atoms with Crippen molar-refractivity contribution in [2.45, 2.75) is 175 Å². The number of benzene rings is 5. The number of hydrogen-bond donors (Lipinski definition) is 0. The lowest BCUT2D eigenvalue weighted by Crippen LogP contribution is -1.85. The van der Waals surface area contributed by atoms with Gasteiger partial charge in [-0.3, -0.25) is 0 Å². The summed E-state index contributed by atoms with van der Waals surface area (Å²) in [7, 11) is 0. The van der Waals surface area contributed by atoms with Crippen LogP contribution in [0.4, 0.5) is 0 Å². The van der Waals surface area contributed by atoms with Crippen LogP contribution < -0.4 is 0 Å². The molecule has 5 aromatic rings. The zero-order chi connectivity index (χ0) is 40.0. The molecule has 0 atom stereocenters. The molecule has 0 unspecified atom stereocenters. The summed E-state index contributed by atoms with van der Waals surface area (Å²) in [5.41, 5.74) is 2.74. The summed E-state index contributed by atoms with van der Waals surface area (Å²) in [5, 5.41) is 2.62. The van der Waals surface area contributed by atoms with Gasteiger partial charge in [0.1, 0.15) is 0 Å². The topological polar surface area (TPSA) is 0 Å². The molecule has 314 valence electrons. The van der Waals surface area contributed by atoms with Crippen molar-refractivity contribution >= 4 is 10.8 Å². The van der Waals surface area contributed by atoms with E-state index in [1.54, 1.807) is 0 Å². The summed E-state index contributed by atoms with van der Waals surface area (Å²) in [6, 6.07) is 49.8. The second-order valence-corrected chi connectivity index (χ2v) is 6.65. The van der Waals surface area contributed by atoms with E-state index < -0.39 is 0 Å². The van der Waals surface area contributed by atoms with E-state index in [1.807, 2.05) is 175 Å². The van der Waals surface area contributed by atoms with Crippen molar-refractivity contribution in [2.75, 3.05) is 0 Å². The molecule has 0 bridgehead atoms. The number of rotatable bonds is 2. The number of fused-ring (bicyclic) bond motifs is 1. The van der Waals surface area contributed by atoms with Crippen LogP contribution in [-0.4, -0.2) is 0 Å². The van der Waals surface area contributed by atoms with E-state index in [0.717, 1.165) is 6.42 Å². The average Bonchev–Trinajstić information content (AvgIpc) is 3.27. The Balaban J connectivity index is -0.0000000381. The van der Waals surface area contributed by atoms with Crippen LogP contribution in [0.5, 0.6) is 0 Å². The van der Waals surface area contributed by atoms with E-state index in [9.17, 15) is 0 Å². The van der Waals surface area contributed by atoms with Crippen LogP contribution in [0, 0.1) is 0 Å². The fourth-order valence-electron chi connectivity index (χ4n) is 2.95. The molecule has 53 heavy (non-hydrogen) atoms. The van der Waals surface area contributed by atoms with E-state index in [4.69, 9.17) is 0 Å². The Bertz CT molecular complexity index is 922. The van der Waals surface area contributed by atoms with Gasteiger partial charge in [-0.15, -0.1) is 0 Å². The van der Waals surface area contributed by atoms with Crippen molar-refractivity contribution in [1.82, 2.24) is 0 Å². The van der Waals surface area contributed by atoms with E-state index in [0.29, 0.717) is 0 Å². The van der Waals surface area contributed by atoms with Gasteiger partial charge in [-0.1, -0.05) is 314 Å². The van der Waals surface area contributed by atoms with Crippen molar-refractivity contribution in [2.24, 2.45) is 0 Å². The van der Waals surface area contributed by atoms with Crippen LogP contribution >= 0.6 is 0 Å².